The van der Waals surface area contributed by atoms with Crippen LogP contribution < -0.4 is 5.32 Å². The fourth-order valence-electron chi connectivity index (χ4n) is 2.65. The van der Waals surface area contributed by atoms with Gasteiger partial charge in [-0.2, -0.15) is 0 Å². The van der Waals surface area contributed by atoms with Crippen LogP contribution in [-0.4, -0.2) is 40.4 Å². The van der Waals surface area contributed by atoms with Crippen molar-refractivity contribution < 1.29 is 4.79 Å². The number of fused-ring (bicyclic) bond motifs is 1. The standard InChI is InChI=1S/C18H28N4OS/c1-6-14-7-15-17(20-11-21-18(15)24-14)19-8-16(23)22(9-12(2)3)10-13(4)5/h7,11-13H,6,8-10H2,1-5H3,(H,19,20,21). The molecule has 24 heavy (non-hydrogen) atoms. The summed E-state index contributed by atoms with van der Waals surface area (Å²) in [4.78, 5) is 25.5. The molecule has 0 aromatic carbocycles. The van der Waals surface area contributed by atoms with E-state index in [-0.39, 0.29) is 12.5 Å². The minimum Gasteiger partial charge on any atom is -0.360 e. The Hall–Kier alpha value is -1.69. The van der Waals surface area contributed by atoms with Crippen LogP contribution in [0.1, 0.15) is 39.5 Å². The first-order chi connectivity index (χ1) is 11.4. The lowest BCUT2D eigenvalue weighted by atomic mass is 10.1. The highest BCUT2D eigenvalue weighted by atomic mass is 32.1. The van der Waals surface area contributed by atoms with Gasteiger partial charge in [0.1, 0.15) is 17.0 Å². The second-order valence-electron chi connectivity index (χ2n) is 6.95. The number of aromatic nitrogens is 2. The molecule has 0 bridgehead atoms. The van der Waals surface area contributed by atoms with E-state index >= 15 is 0 Å². The van der Waals surface area contributed by atoms with Gasteiger partial charge in [-0.25, -0.2) is 9.97 Å². The van der Waals surface area contributed by atoms with Crippen LogP contribution in [-0.2, 0) is 11.2 Å². The summed E-state index contributed by atoms with van der Waals surface area (Å²) in [5.41, 5.74) is 0. The van der Waals surface area contributed by atoms with Gasteiger partial charge in [0.2, 0.25) is 5.91 Å². The average Bonchev–Trinajstić information content (AvgIpc) is 2.94. The number of aryl methyl sites for hydroxylation is 1. The van der Waals surface area contributed by atoms with Gasteiger partial charge in [-0.1, -0.05) is 34.6 Å². The Labute approximate surface area is 148 Å². The lowest BCUT2D eigenvalue weighted by Crippen LogP contribution is -2.40. The van der Waals surface area contributed by atoms with Gasteiger partial charge >= 0.3 is 0 Å². The van der Waals surface area contributed by atoms with Crippen LogP contribution in [0.15, 0.2) is 12.4 Å². The maximum atomic E-state index is 12.6. The van der Waals surface area contributed by atoms with E-state index in [1.807, 2.05) is 4.90 Å². The van der Waals surface area contributed by atoms with E-state index in [2.05, 4.69) is 56.0 Å². The van der Waals surface area contributed by atoms with E-state index in [1.165, 1.54) is 4.88 Å². The molecule has 2 aromatic rings. The number of hydrogen-bond acceptors (Lipinski definition) is 5. The van der Waals surface area contributed by atoms with Crippen molar-refractivity contribution in [3.8, 4) is 0 Å². The second kappa shape index (κ2) is 8.42. The summed E-state index contributed by atoms with van der Waals surface area (Å²) in [6, 6.07) is 2.12. The highest BCUT2D eigenvalue weighted by Crippen LogP contribution is 2.28. The van der Waals surface area contributed by atoms with Crippen LogP contribution in [0.5, 0.6) is 0 Å². The number of carbonyl (C=O) groups is 1. The first-order valence-corrected chi connectivity index (χ1v) is 9.47. The van der Waals surface area contributed by atoms with Gasteiger partial charge < -0.3 is 10.2 Å². The number of nitrogens with zero attached hydrogens (tertiary/aromatic N) is 3. The third kappa shape index (κ3) is 4.90. The molecule has 2 rings (SSSR count). The predicted octanol–water partition coefficient (Wildman–Crippen LogP) is 3.81. The normalized spacial score (nSPS) is 11.5. The molecule has 0 aliphatic heterocycles. The molecule has 0 saturated carbocycles. The molecule has 1 amide bonds. The van der Waals surface area contributed by atoms with Gasteiger partial charge in [0.15, 0.2) is 0 Å². The summed E-state index contributed by atoms with van der Waals surface area (Å²) in [7, 11) is 0. The predicted molar refractivity (Wildman–Crippen MR) is 102 cm³/mol. The van der Waals surface area contributed by atoms with Gasteiger partial charge in [-0.3, -0.25) is 4.79 Å². The van der Waals surface area contributed by atoms with E-state index in [1.54, 1.807) is 17.7 Å². The third-order valence-electron chi connectivity index (χ3n) is 3.66. The fourth-order valence-corrected chi connectivity index (χ4v) is 3.59. The molecular formula is C18H28N4OS. The van der Waals surface area contributed by atoms with E-state index in [9.17, 15) is 4.79 Å². The summed E-state index contributed by atoms with van der Waals surface area (Å²) in [6.45, 7) is 12.5. The number of carbonyl (C=O) groups excluding carboxylic acids is 1. The Morgan fingerprint density at radius 2 is 1.88 bits per heavy atom. The summed E-state index contributed by atoms with van der Waals surface area (Å²) in [6.07, 6.45) is 2.54. The number of hydrogen-bond donors (Lipinski definition) is 1. The molecule has 0 fully saturated rings. The number of nitrogens with one attached hydrogen (secondary N) is 1. The maximum absolute atomic E-state index is 12.6. The monoisotopic (exact) mass is 348 g/mol. The number of amides is 1. The fraction of sp³-hybridized carbons (Fsp3) is 0.611. The van der Waals surface area contributed by atoms with Crippen molar-refractivity contribution in [2.45, 2.75) is 41.0 Å². The minimum absolute atomic E-state index is 0.120. The van der Waals surface area contributed by atoms with Gasteiger partial charge in [0.05, 0.1) is 11.9 Å². The van der Waals surface area contributed by atoms with Gasteiger partial charge in [0, 0.05) is 18.0 Å². The van der Waals surface area contributed by atoms with Crippen LogP contribution in [0.3, 0.4) is 0 Å². The van der Waals surface area contributed by atoms with Crippen LogP contribution in [0.25, 0.3) is 10.2 Å². The molecule has 0 saturated heterocycles. The molecule has 6 heteroatoms. The molecular weight excluding hydrogens is 320 g/mol. The quantitative estimate of drug-likeness (QED) is 0.788. The number of rotatable bonds is 8. The minimum atomic E-state index is 0.120. The lowest BCUT2D eigenvalue weighted by molar-refractivity contribution is -0.130. The van der Waals surface area contributed by atoms with Crippen molar-refractivity contribution in [2.75, 3.05) is 25.0 Å². The number of thiophene rings is 1. The van der Waals surface area contributed by atoms with Gasteiger partial charge in [0.25, 0.3) is 0 Å². The second-order valence-corrected chi connectivity index (χ2v) is 8.06. The Morgan fingerprint density at radius 3 is 2.46 bits per heavy atom. The van der Waals surface area contributed by atoms with E-state index < -0.39 is 0 Å². The Bertz CT molecular complexity index is 671. The first kappa shape index (κ1) is 18.6. The largest absolute Gasteiger partial charge is 0.360 e. The van der Waals surface area contributed by atoms with Crippen molar-refractivity contribution in [3.63, 3.8) is 0 Å². The van der Waals surface area contributed by atoms with Gasteiger partial charge in [-0.05, 0) is 24.3 Å². The zero-order valence-electron chi connectivity index (χ0n) is 15.3. The summed E-state index contributed by atoms with van der Waals surface area (Å²) < 4.78 is 0. The SMILES string of the molecule is CCc1cc2c(NCC(=O)N(CC(C)C)CC(C)C)ncnc2s1. The van der Waals surface area contributed by atoms with Crippen LogP contribution in [0.4, 0.5) is 5.82 Å². The number of anilines is 1. The highest BCUT2D eigenvalue weighted by Gasteiger charge is 2.17. The smallest absolute Gasteiger partial charge is 0.241 e. The van der Waals surface area contributed by atoms with Crippen LogP contribution in [0, 0.1) is 11.8 Å². The molecule has 0 atom stereocenters. The molecule has 0 unspecified atom stereocenters. The highest BCUT2D eigenvalue weighted by molar-refractivity contribution is 7.18. The molecule has 132 valence electrons. The summed E-state index contributed by atoms with van der Waals surface area (Å²) in [5.74, 6) is 1.79. The Balaban J connectivity index is 2.08. The van der Waals surface area contributed by atoms with E-state index in [0.29, 0.717) is 11.8 Å². The summed E-state index contributed by atoms with van der Waals surface area (Å²) >= 11 is 1.68. The molecule has 0 aliphatic rings. The average molecular weight is 349 g/mol. The molecule has 1 N–H and O–H groups in total. The van der Waals surface area contributed by atoms with Crippen molar-refractivity contribution in [1.82, 2.24) is 14.9 Å². The molecule has 0 radical (unpaired) electrons. The molecule has 2 heterocycles. The molecule has 2 aromatic heterocycles. The zero-order valence-corrected chi connectivity index (χ0v) is 16.1. The first-order valence-electron chi connectivity index (χ1n) is 8.65. The van der Waals surface area contributed by atoms with Crippen LogP contribution in [0.2, 0.25) is 0 Å². The topological polar surface area (TPSA) is 58.1 Å². The van der Waals surface area contributed by atoms with Crippen molar-refractivity contribution >= 4 is 33.3 Å². The van der Waals surface area contributed by atoms with Crippen molar-refractivity contribution in [3.05, 3.63) is 17.3 Å². The maximum Gasteiger partial charge on any atom is 0.241 e. The summed E-state index contributed by atoms with van der Waals surface area (Å²) in [5, 5.41) is 4.22. The van der Waals surface area contributed by atoms with Crippen molar-refractivity contribution in [2.24, 2.45) is 11.8 Å². The molecule has 0 aliphatic carbocycles. The lowest BCUT2D eigenvalue weighted by Gasteiger charge is -2.26. The van der Waals surface area contributed by atoms with Crippen LogP contribution >= 0.6 is 11.3 Å². The third-order valence-corrected chi connectivity index (χ3v) is 4.85. The molecule has 0 spiro atoms. The van der Waals surface area contributed by atoms with E-state index in [0.717, 1.165) is 35.5 Å². The van der Waals surface area contributed by atoms with E-state index in [4.69, 9.17) is 0 Å². The Morgan fingerprint density at radius 1 is 1.21 bits per heavy atom. The molecule has 5 nitrogen and oxygen atoms in total. The Kier molecular flexibility index (Phi) is 6.54. The van der Waals surface area contributed by atoms with Gasteiger partial charge in [-0.15, -0.1) is 11.3 Å². The zero-order chi connectivity index (χ0) is 17.7. The van der Waals surface area contributed by atoms with Crippen molar-refractivity contribution in [1.29, 1.82) is 0 Å².